The first-order valence-electron chi connectivity index (χ1n) is 12.7. The largest absolute Gasteiger partial charge is 0.504 e. The molecule has 1 aliphatic heterocycles. The summed E-state index contributed by atoms with van der Waals surface area (Å²) in [5.41, 5.74) is 3.77. The fraction of sp³-hybridized carbons (Fsp3) is 0.483. The van der Waals surface area contributed by atoms with Crippen molar-refractivity contribution in [2.24, 2.45) is 0 Å². The number of hydrogen-bond acceptors (Lipinski definition) is 7. The highest BCUT2D eigenvalue weighted by atomic mass is 16.6. The summed E-state index contributed by atoms with van der Waals surface area (Å²) >= 11 is 0. The van der Waals surface area contributed by atoms with Gasteiger partial charge in [-0.05, 0) is 54.7 Å². The Morgan fingerprint density at radius 1 is 1.06 bits per heavy atom. The minimum Gasteiger partial charge on any atom is -0.504 e. The lowest BCUT2D eigenvalue weighted by atomic mass is 9.81. The molecule has 0 amide bonds. The second-order valence-corrected chi connectivity index (χ2v) is 10.1. The predicted octanol–water partition coefficient (Wildman–Crippen LogP) is 3.81. The van der Waals surface area contributed by atoms with E-state index in [0.29, 0.717) is 36.1 Å². The predicted molar refractivity (Wildman–Crippen MR) is 133 cm³/mol. The van der Waals surface area contributed by atoms with Crippen molar-refractivity contribution in [3.8, 4) is 34.8 Å². The Morgan fingerprint density at radius 3 is 2.67 bits per heavy atom. The van der Waals surface area contributed by atoms with Crippen molar-refractivity contribution in [1.29, 1.82) is 0 Å². The van der Waals surface area contributed by atoms with Gasteiger partial charge in [0.1, 0.15) is 5.78 Å². The van der Waals surface area contributed by atoms with E-state index in [9.17, 15) is 25.2 Å². The van der Waals surface area contributed by atoms with E-state index in [1.807, 2.05) is 6.07 Å². The number of phenols is 2. The van der Waals surface area contributed by atoms with Crippen LogP contribution in [-0.2, 0) is 17.6 Å². The molecule has 4 N–H and O–H groups in total. The van der Waals surface area contributed by atoms with Gasteiger partial charge in [0.15, 0.2) is 29.3 Å². The second-order valence-electron chi connectivity index (χ2n) is 10.1. The number of ketones is 1. The maximum absolute atomic E-state index is 12.8. The minimum absolute atomic E-state index is 0.0112. The molecular weight excluding hydrogens is 460 g/mol. The highest BCUT2D eigenvalue weighted by Crippen LogP contribution is 2.52. The highest BCUT2D eigenvalue weighted by Gasteiger charge is 2.37. The van der Waals surface area contributed by atoms with Crippen molar-refractivity contribution in [2.45, 2.75) is 82.0 Å². The monoisotopic (exact) mass is 492 g/mol. The van der Waals surface area contributed by atoms with Crippen molar-refractivity contribution in [3.63, 3.8) is 0 Å². The summed E-state index contributed by atoms with van der Waals surface area (Å²) in [6.07, 6.45) is 2.72. The highest BCUT2D eigenvalue weighted by molar-refractivity contribution is 5.79. The molecule has 7 heteroatoms. The molecule has 5 rings (SSSR count). The Hall–Kier alpha value is -3.21. The van der Waals surface area contributed by atoms with Crippen molar-refractivity contribution >= 4 is 5.78 Å². The fourth-order valence-electron chi connectivity index (χ4n) is 6.01. The number of Topliss-reactive ketones (excluding diaryl/α,β-unsaturated/α-hetero) is 1. The van der Waals surface area contributed by atoms with Crippen LogP contribution in [0.4, 0.5) is 0 Å². The number of carbonyl (C=O) groups excluding carboxylic acids is 1. The zero-order chi connectivity index (χ0) is 25.4. The number of aliphatic hydroxyl groups is 2. The lowest BCUT2D eigenvalue weighted by molar-refractivity contribution is -0.121. The van der Waals surface area contributed by atoms with Gasteiger partial charge in [-0.2, -0.15) is 0 Å². The molecule has 0 unspecified atom stereocenters. The Balaban J connectivity index is 1.65. The Morgan fingerprint density at radius 2 is 1.86 bits per heavy atom. The fourth-order valence-corrected chi connectivity index (χ4v) is 6.01. The van der Waals surface area contributed by atoms with E-state index in [1.165, 1.54) is 13.2 Å². The van der Waals surface area contributed by atoms with Gasteiger partial charge in [-0.15, -0.1) is 0 Å². The van der Waals surface area contributed by atoms with Crippen molar-refractivity contribution < 1.29 is 34.7 Å². The van der Waals surface area contributed by atoms with Gasteiger partial charge in [0, 0.05) is 36.8 Å². The number of hydrogen-bond donors (Lipinski definition) is 4. The Kier molecular flexibility index (Phi) is 6.83. The first-order valence-corrected chi connectivity index (χ1v) is 12.7. The third-order valence-corrected chi connectivity index (χ3v) is 7.71. The number of aromatic hydroxyl groups is 2. The second kappa shape index (κ2) is 10.0. The van der Waals surface area contributed by atoms with Crippen molar-refractivity contribution in [3.05, 3.63) is 46.0 Å². The number of aryl methyl sites for hydroxylation is 1. The molecule has 2 bridgehead atoms. The molecule has 1 heterocycles. The van der Waals surface area contributed by atoms with Gasteiger partial charge in [0.05, 0.1) is 18.8 Å². The van der Waals surface area contributed by atoms with Crippen LogP contribution in [0.2, 0.25) is 0 Å². The van der Waals surface area contributed by atoms with Gasteiger partial charge in [-0.25, -0.2) is 0 Å². The number of fused-ring (bicyclic) bond motifs is 2. The number of benzene rings is 2. The maximum atomic E-state index is 12.8. The molecule has 0 aromatic heterocycles. The topological polar surface area (TPSA) is 116 Å². The number of carbonyl (C=O) groups is 1. The molecule has 0 radical (unpaired) electrons. The van der Waals surface area contributed by atoms with E-state index in [1.54, 1.807) is 6.07 Å². The summed E-state index contributed by atoms with van der Waals surface area (Å²) in [6, 6.07) is 5.22. The van der Waals surface area contributed by atoms with Gasteiger partial charge >= 0.3 is 0 Å². The van der Waals surface area contributed by atoms with Crippen LogP contribution in [0, 0.1) is 11.8 Å². The van der Waals surface area contributed by atoms with Crippen LogP contribution >= 0.6 is 0 Å². The van der Waals surface area contributed by atoms with E-state index in [-0.39, 0.29) is 54.1 Å². The molecular formula is C29H32O7. The smallest absolute Gasteiger partial charge is 0.198 e. The molecule has 4 atom stereocenters. The molecule has 0 saturated heterocycles. The molecule has 36 heavy (non-hydrogen) atoms. The van der Waals surface area contributed by atoms with Crippen molar-refractivity contribution in [1.82, 2.24) is 0 Å². The van der Waals surface area contributed by atoms with Crippen LogP contribution in [0.3, 0.4) is 0 Å². The van der Waals surface area contributed by atoms with Gasteiger partial charge in [-0.3, -0.25) is 4.79 Å². The SMILES string of the molecule is COc1c(O)ccc2c1C#CCc1cc3c4c(c1O)O[C@@H](O)C[C@@H]4CCC[C@@H]3C[C@@H](O)CC(=O)CC2. The molecule has 190 valence electrons. The summed E-state index contributed by atoms with van der Waals surface area (Å²) in [5.74, 6) is 6.73. The third kappa shape index (κ3) is 4.63. The molecule has 0 spiro atoms. The van der Waals surface area contributed by atoms with Gasteiger partial charge in [0.2, 0.25) is 0 Å². The van der Waals surface area contributed by atoms with Gasteiger partial charge in [0.25, 0.3) is 0 Å². The molecule has 0 fully saturated rings. The summed E-state index contributed by atoms with van der Waals surface area (Å²) in [6.45, 7) is 0. The van der Waals surface area contributed by atoms with Crippen LogP contribution in [0.5, 0.6) is 23.0 Å². The zero-order valence-corrected chi connectivity index (χ0v) is 20.4. The van der Waals surface area contributed by atoms with Crippen LogP contribution in [0.15, 0.2) is 18.2 Å². The molecule has 2 aromatic rings. The van der Waals surface area contributed by atoms with E-state index in [2.05, 4.69) is 11.8 Å². The third-order valence-electron chi connectivity index (χ3n) is 7.71. The molecule has 2 aromatic carbocycles. The molecule has 0 saturated carbocycles. The summed E-state index contributed by atoms with van der Waals surface area (Å²) in [7, 11) is 1.45. The van der Waals surface area contributed by atoms with Gasteiger partial charge < -0.3 is 29.9 Å². The van der Waals surface area contributed by atoms with Gasteiger partial charge in [-0.1, -0.05) is 30.4 Å². The van der Waals surface area contributed by atoms with Crippen LogP contribution in [0.1, 0.15) is 84.6 Å². The van der Waals surface area contributed by atoms with E-state index < -0.39 is 12.4 Å². The molecule has 2 aliphatic carbocycles. The zero-order valence-electron chi connectivity index (χ0n) is 20.4. The number of phenolic OH excluding ortho intramolecular Hbond substituents is 2. The Labute approximate surface area is 210 Å². The van der Waals surface area contributed by atoms with Crippen LogP contribution in [0.25, 0.3) is 0 Å². The quantitative estimate of drug-likeness (QED) is 0.448. The number of methoxy groups -OCH3 is 1. The molecule has 3 aliphatic rings. The first-order chi connectivity index (χ1) is 17.4. The standard InChI is InChI=1S/C29H32O7/c1-35-28-22-7-3-6-19-13-23-17(4-2-5-18-14-25(33)36-29(26(18)23)27(19)34)12-21(31)15-20(30)10-8-16(22)9-11-24(28)32/h9,11,13,17-18,21,25,31-34H,2,4-6,8,10,12,14-15H2,1H3/t17-,18+,21-,25-/m1/s1. The number of rotatable bonds is 1. The summed E-state index contributed by atoms with van der Waals surface area (Å²) in [4.78, 5) is 12.8. The van der Waals surface area contributed by atoms with Crippen LogP contribution in [-0.4, -0.2) is 45.7 Å². The average Bonchev–Trinajstić information content (AvgIpc) is 3.00. The van der Waals surface area contributed by atoms with E-state index >= 15 is 0 Å². The molecule has 7 nitrogen and oxygen atoms in total. The van der Waals surface area contributed by atoms with E-state index in [0.717, 1.165) is 36.0 Å². The van der Waals surface area contributed by atoms with Crippen LogP contribution < -0.4 is 9.47 Å². The van der Waals surface area contributed by atoms with Crippen molar-refractivity contribution in [2.75, 3.05) is 7.11 Å². The normalized spacial score (nSPS) is 25.7. The Bertz CT molecular complexity index is 1240. The average molecular weight is 493 g/mol. The minimum atomic E-state index is -0.990. The lowest BCUT2D eigenvalue weighted by Crippen LogP contribution is -2.26. The number of aliphatic hydroxyl groups excluding tert-OH is 2. The number of ether oxygens (including phenoxy) is 2. The first kappa shape index (κ1) is 24.5. The summed E-state index contributed by atoms with van der Waals surface area (Å²) in [5, 5.41) is 42.7. The van der Waals surface area contributed by atoms with E-state index in [4.69, 9.17) is 9.47 Å². The lowest BCUT2D eigenvalue weighted by Gasteiger charge is -2.32. The maximum Gasteiger partial charge on any atom is 0.198 e. The summed E-state index contributed by atoms with van der Waals surface area (Å²) < 4.78 is 11.2.